The molecule has 1 rings (SSSR count). The predicted molar refractivity (Wildman–Crippen MR) is 49.5 cm³/mol. The van der Waals surface area contributed by atoms with E-state index < -0.39 is 5.97 Å². The Labute approximate surface area is 79.1 Å². The van der Waals surface area contributed by atoms with Crippen LogP contribution in [0, 0.1) is 17.8 Å². The van der Waals surface area contributed by atoms with Crippen molar-refractivity contribution in [1.82, 2.24) is 0 Å². The third-order valence-electron chi connectivity index (χ3n) is 3.43. The number of rotatable bonds is 2. The zero-order valence-electron chi connectivity index (χ0n) is 8.49. The second-order valence-corrected chi connectivity index (χ2v) is 4.01. The van der Waals surface area contributed by atoms with Gasteiger partial charge in [0.1, 0.15) is 0 Å². The quantitative estimate of drug-likeness (QED) is 0.715. The van der Waals surface area contributed by atoms with E-state index in [0.717, 1.165) is 12.8 Å². The van der Waals surface area contributed by atoms with E-state index in [1.165, 1.54) is 0 Å². The van der Waals surface area contributed by atoms with Gasteiger partial charge in [0.25, 0.3) is 0 Å². The number of aliphatic carboxylic acids is 1. The topological polar surface area (TPSA) is 46.5 Å². The van der Waals surface area contributed by atoms with Gasteiger partial charge in [-0.05, 0) is 24.7 Å². The lowest BCUT2D eigenvalue weighted by atomic mass is 9.72. The van der Waals surface area contributed by atoms with Gasteiger partial charge >= 0.3 is 5.97 Å². The normalized spacial score (nSPS) is 40.2. The zero-order chi connectivity index (χ0) is 10.0. The van der Waals surface area contributed by atoms with E-state index in [2.05, 4.69) is 6.92 Å². The van der Waals surface area contributed by atoms with Crippen molar-refractivity contribution in [3.63, 3.8) is 0 Å². The van der Waals surface area contributed by atoms with E-state index in [4.69, 9.17) is 9.84 Å². The molecule has 3 nitrogen and oxygen atoms in total. The van der Waals surface area contributed by atoms with E-state index in [-0.39, 0.29) is 17.9 Å². The summed E-state index contributed by atoms with van der Waals surface area (Å²) in [4.78, 5) is 10.9. The third kappa shape index (κ3) is 2.02. The smallest absolute Gasteiger partial charge is 0.306 e. The van der Waals surface area contributed by atoms with Crippen molar-refractivity contribution in [3.05, 3.63) is 0 Å². The molecule has 1 aliphatic rings. The lowest BCUT2D eigenvalue weighted by Crippen LogP contribution is -2.39. The molecule has 13 heavy (non-hydrogen) atoms. The number of methoxy groups -OCH3 is 1. The molecule has 0 aromatic carbocycles. The highest BCUT2D eigenvalue weighted by atomic mass is 16.5. The number of ether oxygens (including phenoxy) is 1. The highest BCUT2D eigenvalue weighted by Gasteiger charge is 2.37. The molecule has 0 heterocycles. The summed E-state index contributed by atoms with van der Waals surface area (Å²) < 4.78 is 5.31. The maximum atomic E-state index is 10.9. The van der Waals surface area contributed by atoms with Crippen LogP contribution in [0.2, 0.25) is 0 Å². The van der Waals surface area contributed by atoms with Crippen LogP contribution in [-0.4, -0.2) is 24.3 Å². The number of carbonyl (C=O) groups is 1. The lowest BCUT2D eigenvalue weighted by molar-refractivity contribution is -0.148. The second kappa shape index (κ2) is 4.09. The summed E-state index contributed by atoms with van der Waals surface area (Å²) >= 11 is 0. The van der Waals surface area contributed by atoms with Gasteiger partial charge in [-0.1, -0.05) is 13.8 Å². The van der Waals surface area contributed by atoms with Crippen molar-refractivity contribution in [1.29, 1.82) is 0 Å². The molecular weight excluding hydrogens is 168 g/mol. The van der Waals surface area contributed by atoms with E-state index in [9.17, 15) is 4.79 Å². The van der Waals surface area contributed by atoms with Gasteiger partial charge in [-0.3, -0.25) is 4.79 Å². The fourth-order valence-electron chi connectivity index (χ4n) is 2.26. The Bertz CT molecular complexity index is 191. The molecule has 4 unspecified atom stereocenters. The SMILES string of the molecule is COC1CCC(C(=O)O)C(C)C1C. The van der Waals surface area contributed by atoms with E-state index in [0.29, 0.717) is 5.92 Å². The number of hydrogen-bond acceptors (Lipinski definition) is 2. The number of carboxylic acids is 1. The molecule has 0 radical (unpaired) electrons. The maximum Gasteiger partial charge on any atom is 0.306 e. The average molecular weight is 186 g/mol. The Balaban J connectivity index is 2.64. The summed E-state index contributed by atoms with van der Waals surface area (Å²) in [7, 11) is 1.70. The molecule has 1 N–H and O–H groups in total. The van der Waals surface area contributed by atoms with Crippen molar-refractivity contribution in [2.24, 2.45) is 17.8 Å². The molecule has 0 bridgehead atoms. The molecule has 4 atom stereocenters. The van der Waals surface area contributed by atoms with Crippen LogP contribution >= 0.6 is 0 Å². The minimum absolute atomic E-state index is 0.179. The monoisotopic (exact) mass is 186 g/mol. The van der Waals surface area contributed by atoms with Gasteiger partial charge in [0.15, 0.2) is 0 Å². The molecule has 3 heteroatoms. The van der Waals surface area contributed by atoms with Crippen LogP contribution in [0.15, 0.2) is 0 Å². The standard InChI is InChI=1S/C10H18O3/c1-6-7(2)9(13-3)5-4-8(6)10(11)12/h6-9H,4-5H2,1-3H3,(H,11,12). The summed E-state index contributed by atoms with van der Waals surface area (Å²) in [6, 6.07) is 0. The summed E-state index contributed by atoms with van der Waals surface area (Å²) in [6.07, 6.45) is 1.86. The van der Waals surface area contributed by atoms with Gasteiger partial charge in [-0.2, -0.15) is 0 Å². The van der Waals surface area contributed by atoms with Gasteiger partial charge in [0.05, 0.1) is 12.0 Å². The van der Waals surface area contributed by atoms with Gasteiger partial charge < -0.3 is 9.84 Å². The van der Waals surface area contributed by atoms with Crippen molar-refractivity contribution in [3.8, 4) is 0 Å². The van der Waals surface area contributed by atoms with Crippen LogP contribution in [0.25, 0.3) is 0 Å². The average Bonchev–Trinajstić information content (AvgIpc) is 2.09. The first kappa shape index (κ1) is 10.5. The maximum absolute atomic E-state index is 10.9. The first-order chi connectivity index (χ1) is 6.07. The summed E-state index contributed by atoms with van der Waals surface area (Å²) in [5, 5.41) is 8.94. The van der Waals surface area contributed by atoms with Crippen molar-refractivity contribution in [2.75, 3.05) is 7.11 Å². The largest absolute Gasteiger partial charge is 0.481 e. The van der Waals surface area contributed by atoms with Gasteiger partial charge in [0.2, 0.25) is 0 Å². The van der Waals surface area contributed by atoms with Crippen LogP contribution < -0.4 is 0 Å². The molecule has 1 fully saturated rings. The molecule has 0 aromatic rings. The minimum atomic E-state index is -0.658. The summed E-state index contributed by atoms with van der Waals surface area (Å²) in [5.74, 6) is -0.272. The Morgan fingerprint density at radius 2 is 1.92 bits per heavy atom. The van der Waals surface area contributed by atoms with E-state index in [1.54, 1.807) is 7.11 Å². The number of hydrogen-bond donors (Lipinski definition) is 1. The highest BCUT2D eigenvalue weighted by Crippen LogP contribution is 2.35. The van der Waals surface area contributed by atoms with Crippen LogP contribution in [0.3, 0.4) is 0 Å². The lowest BCUT2D eigenvalue weighted by Gasteiger charge is -2.37. The third-order valence-corrected chi connectivity index (χ3v) is 3.43. The summed E-state index contributed by atoms with van der Waals surface area (Å²) in [6.45, 7) is 4.09. The van der Waals surface area contributed by atoms with Crippen molar-refractivity contribution in [2.45, 2.75) is 32.8 Å². The van der Waals surface area contributed by atoms with E-state index >= 15 is 0 Å². The first-order valence-corrected chi connectivity index (χ1v) is 4.83. The Morgan fingerprint density at radius 3 is 2.38 bits per heavy atom. The molecule has 1 saturated carbocycles. The molecule has 0 saturated heterocycles. The molecule has 0 aliphatic heterocycles. The van der Waals surface area contributed by atoms with Gasteiger partial charge in [-0.15, -0.1) is 0 Å². The van der Waals surface area contributed by atoms with Crippen LogP contribution in [0.5, 0.6) is 0 Å². The molecule has 0 spiro atoms. The zero-order valence-corrected chi connectivity index (χ0v) is 8.49. The second-order valence-electron chi connectivity index (χ2n) is 4.01. The molecule has 0 aromatic heterocycles. The van der Waals surface area contributed by atoms with Gasteiger partial charge in [0, 0.05) is 7.11 Å². The fraction of sp³-hybridized carbons (Fsp3) is 0.900. The highest BCUT2D eigenvalue weighted by molar-refractivity contribution is 5.70. The molecular formula is C10H18O3. The van der Waals surface area contributed by atoms with Gasteiger partial charge in [-0.25, -0.2) is 0 Å². The fourth-order valence-corrected chi connectivity index (χ4v) is 2.26. The first-order valence-electron chi connectivity index (χ1n) is 4.83. The summed E-state index contributed by atoms with van der Waals surface area (Å²) in [5.41, 5.74) is 0. The van der Waals surface area contributed by atoms with E-state index in [1.807, 2.05) is 6.92 Å². The van der Waals surface area contributed by atoms with Crippen molar-refractivity contribution >= 4 is 5.97 Å². The van der Waals surface area contributed by atoms with Crippen molar-refractivity contribution < 1.29 is 14.6 Å². The van der Waals surface area contributed by atoms with Crippen LogP contribution in [0.1, 0.15) is 26.7 Å². The van der Waals surface area contributed by atoms with Crippen LogP contribution in [0.4, 0.5) is 0 Å². The molecule has 0 amide bonds. The number of carboxylic acid groups (broad SMARTS) is 1. The predicted octanol–water partition coefficient (Wildman–Crippen LogP) is 1.77. The van der Waals surface area contributed by atoms with Crippen LogP contribution in [-0.2, 0) is 9.53 Å². The molecule has 1 aliphatic carbocycles. The minimum Gasteiger partial charge on any atom is -0.481 e. The Morgan fingerprint density at radius 1 is 1.31 bits per heavy atom. The Kier molecular flexibility index (Phi) is 3.31. The Hall–Kier alpha value is -0.570. The molecule has 76 valence electrons.